The Kier molecular flexibility index (Phi) is 5.82. The van der Waals surface area contributed by atoms with Gasteiger partial charge in [0.25, 0.3) is 5.91 Å². The highest BCUT2D eigenvalue weighted by Crippen LogP contribution is 2.35. The van der Waals surface area contributed by atoms with Crippen LogP contribution in [-0.2, 0) is 19.6 Å². The first-order chi connectivity index (χ1) is 16.3. The van der Waals surface area contributed by atoms with Crippen molar-refractivity contribution in [2.45, 2.75) is 30.8 Å². The minimum Gasteiger partial charge on any atom is -0.486 e. The van der Waals surface area contributed by atoms with Crippen molar-refractivity contribution in [3.8, 4) is 17.2 Å². The number of benzene rings is 2. The summed E-state index contributed by atoms with van der Waals surface area (Å²) in [5.41, 5.74) is 1.04. The summed E-state index contributed by atoms with van der Waals surface area (Å²) >= 11 is 0. The van der Waals surface area contributed by atoms with Crippen molar-refractivity contribution >= 4 is 33.2 Å². The SMILES string of the molecule is CC1Oc2ccc(NC(=O)C3CCN(S(=O)(=O)c4ccc5c(c4)OCCO5)CC3)cc2NC1=O. The van der Waals surface area contributed by atoms with Gasteiger partial charge in [-0.2, -0.15) is 4.31 Å². The monoisotopic (exact) mass is 487 g/mol. The molecular weight excluding hydrogens is 462 g/mol. The Bertz CT molecular complexity index is 1240. The Morgan fingerprint density at radius 3 is 2.50 bits per heavy atom. The van der Waals surface area contributed by atoms with E-state index in [0.29, 0.717) is 54.7 Å². The molecular formula is C23H25N3O7S. The molecule has 180 valence electrons. The van der Waals surface area contributed by atoms with Gasteiger partial charge in [0.05, 0.1) is 10.6 Å². The molecule has 1 saturated heterocycles. The molecule has 11 heteroatoms. The number of amides is 2. The maximum atomic E-state index is 13.1. The number of piperidine rings is 1. The van der Waals surface area contributed by atoms with Crippen LogP contribution in [0, 0.1) is 5.92 Å². The van der Waals surface area contributed by atoms with Gasteiger partial charge in [-0.05, 0) is 50.1 Å². The van der Waals surface area contributed by atoms with Gasteiger partial charge in [-0.3, -0.25) is 9.59 Å². The minimum atomic E-state index is -3.71. The molecule has 5 rings (SSSR count). The number of carbonyl (C=O) groups excluding carboxylic acids is 2. The zero-order chi connectivity index (χ0) is 23.9. The van der Waals surface area contributed by atoms with E-state index in [1.165, 1.54) is 16.4 Å². The zero-order valence-electron chi connectivity index (χ0n) is 18.6. The summed E-state index contributed by atoms with van der Waals surface area (Å²) in [5, 5.41) is 5.62. The molecule has 0 aromatic heterocycles. The van der Waals surface area contributed by atoms with Crippen LogP contribution in [0.5, 0.6) is 17.2 Å². The van der Waals surface area contributed by atoms with Crippen molar-refractivity contribution in [2.75, 3.05) is 36.9 Å². The van der Waals surface area contributed by atoms with E-state index >= 15 is 0 Å². The molecule has 3 heterocycles. The molecule has 0 saturated carbocycles. The fraction of sp³-hybridized carbons (Fsp3) is 0.391. The zero-order valence-corrected chi connectivity index (χ0v) is 19.4. The van der Waals surface area contributed by atoms with Crippen LogP contribution in [0.4, 0.5) is 11.4 Å². The highest BCUT2D eigenvalue weighted by molar-refractivity contribution is 7.89. The molecule has 2 amide bonds. The average molecular weight is 488 g/mol. The van der Waals surface area contributed by atoms with Gasteiger partial charge in [0.15, 0.2) is 17.6 Å². The topological polar surface area (TPSA) is 123 Å². The van der Waals surface area contributed by atoms with Crippen molar-refractivity contribution in [3.05, 3.63) is 36.4 Å². The molecule has 0 bridgehead atoms. The summed E-state index contributed by atoms with van der Waals surface area (Å²) in [6.45, 7) is 2.94. The lowest BCUT2D eigenvalue weighted by Gasteiger charge is -2.31. The second-order valence-corrected chi connectivity index (χ2v) is 10.4. The molecule has 34 heavy (non-hydrogen) atoms. The average Bonchev–Trinajstić information content (AvgIpc) is 2.84. The number of carbonyl (C=O) groups is 2. The van der Waals surface area contributed by atoms with Crippen molar-refractivity contribution in [2.24, 2.45) is 5.92 Å². The third-order valence-corrected chi connectivity index (χ3v) is 8.05. The predicted octanol–water partition coefficient (Wildman–Crippen LogP) is 2.22. The molecule has 2 aromatic carbocycles. The Hall–Kier alpha value is -3.31. The molecule has 3 aliphatic heterocycles. The third-order valence-electron chi connectivity index (χ3n) is 6.15. The van der Waals surface area contributed by atoms with Crippen LogP contribution in [0.25, 0.3) is 0 Å². The standard InChI is InChI=1S/C23H25N3O7S/c1-14-22(27)25-18-12-16(2-4-19(18)33-14)24-23(28)15-6-8-26(9-7-15)34(29,30)17-3-5-20-21(13-17)32-11-10-31-20/h2-5,12-15H,6-11H2,1H3,(H,24,28)(H,25,27). The lowest BCUT2D eigenvalue weighted by Crippen LogP contribution is -2.41. The first kappa shape index (κ1) is 22.5. The quantitative estimate of drug-likeness (QED) is 0.678. The smallest absolute Gasteiger partial charge is 0.265 e. The van der Waals surface area contributed by atoms with E-state index in [2.05, 4.69) is 10.6 Å². The van der Waals surface area contributed by atoms with Crippen molar-refractivity contribution in [3.63, 3.8) is 0 Å². The maximum Gasteiger partial charge on any atom is 0.265 e. The van der Waals surface area contributed by atoms with Crippen molar-refractivity contribution < 1.29 is 32.2 Å². The van der Waals surface area contributed by atoms with Gasteiger partial charge in [-0.1, -0.05) is 0 Å². The molecule has 10 nitrogen and oxygen atoms in total. The first-order valence-corrected chi connectivity index (χ1v) is 12.6. The normalized spacial score (nSPS) is 20.6. The van der Waals surface area contributed by atoms with E-state index in [4.69, 9.17) is 14.2 Å². The highest BCUT2D eigenvalue weighted by Gasteiger charge is 2.33. The minimum absolute atomic E-state index is 0.146. The van der Waals surface area contributed by atoms with E-state index in [9.17, 15) is 18.0 Å². The van der Waals surface area contributed by atoms with Crippen molar-refractivity contribution in [1.82, 2.24) is 4.31 Å². The number of rotatable bonds is 4. The summed E-state index contributed by atoms with van der Waals surface area (Å²) in [6, 6.07) is 9.67. The van der Waals surface area contributed by atoms with Crippen LogP contribution in [-0.4, -0.2) is 56.9 Å². The number of hydrogen-bond donors (Lipinski definition) is 2. The highest BCUT2D eigenvalue weighted by atomic mass is 32.2. The largest absolute Gasteiger partial charge is 0.486 e. The number of fused-ring (bicyclic) bond motifs is 2. The van der Waals surface area contributed by atoms with Gasteiger partial charge < -0.3 is 24.8 Å². The number of nitrogens with one attached hydrogen (secondary N) is 2. The first-order valence-electron chi connectivity index (χ1n) is 11.1. The molecule has 1 unspecified atom stereocenters. The van der Waals surface area contributed by atoms with E-state index < -0.39 is 16.1 Å². The Morgan fingerprint density at radius 1 is 1.03 bits per heavy atom. The van der Waals surface area contributed by atoms with Gasteiger partial charge in [-0.15, -0.1) is 0 Å². The van der Waals surface area contributed by atoms with Gasteiger partial charge in [0.2, 0.25) is 15.9 Å². The van der Waals surface area contributed by atoms with Gasteiger partial charge >= 0.3 is 0 Å². The molecule has 0 radical (unpaired) electrons. The van der Waals surface area contributed by atoms with Crippen LogP contribution in [0.3, 0.4) is 0 Å². The number of nitrogens with zero attached hydrogens (tertiary/aromatic N) is 1. The van der Waals surface area contributed by atoms with Crippen LogP contribution in [0.1, 0.15) is 19.8 Å². The molecule has 3 aliphatic rings. The number of ether oxygens (including phenoxy) is 3. The van der Waals surface area contributed by atoms with Crippen LogP contribution in [0.2, 0.25) is 0 Å². The van der Waals surface area contributed by atoms with Gasteiger partial charge in [0, 0.05) is 30.8 Å². The van der Waals surface area contributed by atoms with Crippen LogP contribution < -0.4 is 24.8 Å². The summed E-state index contributed by atoms with van der Waals surface area (Å²) in [7, 11) is -3.71. The number of anilines is 2. The molecule has 2 N–H and O–H groups in total. The predicted molar refractivity (Wildman–Crippen MR) is 123 cm³/mol. The molecule has 2 aromatic rings. The lowest BCUT2D eigenvalue weighted by molar-refractivity contribution is -0.122. The molecule has 0 aliphatic carbocycles. The van der Waals surface area contributed by atoms with Crippen molar-refractivity contribution in [1.29, 1.82) is 0 Å². The summed E-state index contributed by atoms with van der Waals surface area (Å²) in [6.07, 6.45) is 0.229. The van der Waals surface area contributed by atoms with E-state index in [0.717, 1.165) is 0 Å². The number of sulfonamides is 1. The van der Waals surface area contributed by atoms with E-state index in [1.54, 1.807) is 31.2 Å². The summed E-state index contributed by atoms with van der Waals surface area (Å²) < 4.78 is 44.1. The van der Waals surface area contributed by atoms with Crippen LogP contribution >= 0.6 is 0 Å². The fourth-order valence-electron chi connectivity index (χ4n) is 4.22. The van der Waals surface area contributed by atoms with E-state index in [-0.39, 0.29) is 35.7 Å². The molecule has 1 fully saturated rings. The fourth-order valence-corrected chi connectivity index (χ4v) is 5.71. The summed E-state index contributed by atoms with van der Waals surface area (Å²) in [5.74, 6) is 0.734. The molecule has 1 atom stereocenters. The second kappa shape index (κ2) is 8.80. The maximum absolute atomic E-state index is 13.1. The van der Waals surface area contributed by atoms with Crippen LogP contribution in [0.15, 0.2) is 41.3 Å². The lowest BCUT2D eigenvalue weighted by atomic mass is 9.97. The Morgan fingerprint density at radius 2 is 1.74 bits per heavy atom. The van der Waals surface area contributed by atoms with Gasteiger partial charge in [-0.25, -0.2) is 8.42 Å². The summed E-state index contributed by atoms with van der Waals surface area (Å²) in [4.78, 5) is 24.8. The number of hydrogen-bond acceptors (Lipinski definition) is 7. The second-order valence-electron chi connectivity index (χ2n) is 8.43. The van der Waals surface area contributed by atoms with E-state index in [1.807, 2.05) is 0 Å². The Labute approximate surface area is 197 Å². The third kappa shape index (κ3) is 4.28. The van der Waals surface area contributed by atoms with Gasteiger partial charge in [0.1, 0.15) is 19.0 Å². The molecule has 0 spiro atoms. The Balaban J connectivity index is 1.21.